The van der Waals surface area contributed by atoms with E-state index in [-0.39, 0.29) is 59.0 Å². The monoisotopic (exact) mass is 902 g/mol. The number of carbonyl (C=O) groups excluding carboxylic acids is 4. The molecule has 10 rings (SSSR count). The number of H-pyrrole nitrogens is 2. The summed E-state index contributed by atoms with van der Waals surface area (Å²) in [6, 6.07) is 14.6. The van der Waals surface area contributed by atoms with E-state index in [4.69, 9.17) is 28.9 Å². The van der Waals surface area contributed by atoms with Crippen LogP contribution < -0.4 is 10.6 Å². The fraction of sp³-hybridized carbons (Fsp3) is 0.560. The van der Waals surface area contributed by atoms with E-state index in [2.05, 4.69) is 83.0 Å². The fourth-order valence-corrected chi connectivity index (χ4v) is 11.1. The van der Waals surface area contributed by atoms with Crippen LogP contribution in [0.5, 0.6) is 0 Å². The summed E-state index contributed by atoms with van der Waals surface area (Å²) in [4.78, 5) is 74.1. The highest BCUT2D eigenvalue weighted by Crippen LogP contribution is 2.49. The molecule has 6 aliphatic rings. The zero-order valence-corrected chi connectivity index (χ0v) is 38.3. The molecule has 2 spiro atoms. The SMILES string of the molecule is COC(=O)NC(C(=O)N1[C@@H](C)CC[C@H]1c1ncc(-c2ccc(-c3ccc(-c4cnc([C@@H]5CC[C@H](C)N5C(=O)[C@@H](NC(=O)OC)C5CCC6(CC6)OC5)[nH]4)cc3)cc2)[nH]1)C1CCC2(CC2)OC1. The van der Waals surface area contributed by atoms with Crippen LogP contribution in [0.25, 0.3) is 33.6 Å². The minimum Gasteiger partial charge on any atom is -0.453 e. The third-order valence-corrected chi connectivity index (χ3v) is 15.5. The number of amides is 4. The smallest absolute Gasteiger partial charge is 0.407 e. The Bertz CT molecular complexity index is 2240. The number of hydrogen-bond donors (Lipinski definition) is 4. The van der Waals surface area contributed by atoms with Crippen molar-refractivity contribution < 1.29 is 38.1 Å². The third kappa shape index (κ3) is 8.69. The topological polar surface area (TPSA) is 193 Å². The van der Waals surface area contributed by atoms with Gasteiger partial charge in [-0.15, -0.1) is 0 Å². The molecule has 6 fully saturated rings. The predicted octanol–water partition coefficient (Wildman–Crippen LogP) is 7.61. The molecule has 3 unspecified atom stereocenters. The maximum Gasteiger partial charge on any atom is 0.407 e. The van der Waals surface area contributed by atoms with Gasteiger partial charge in [-0.2, -0.15) is 0 Å². The molecular formula is C50H62N8O8. The molecule has 4 saturated heterocycles. The van der Waals surface area contributed by atoms with Crippen LogP contribution in [0, 0.1) is 11.8 Å². The van der Waals surface area contributed by atoms with Gasteiger partial charge >= 0.3 is 12.2 Å². The number of rotatable bonds is 11. The average molecular weight is 903 g/mol. The molecule has 66 heavy (non-hydrogen) atoms. The second-order valence-corrected chi connectivity index (χ2v) is 19.7. The van der Waals surface area contributed by atoms with E-state index < -0.39 is 24.3 Å². The fourth-order valence-electron chi connectivity index (χ4n) is 11.1. The van der Waals surface area contributed by atoms with Crippen LogP contribution in [-0.2, 0) is 28.5 Å². The Kier molecular flexibility index (Phi) is 11.9. The van der Waals surface area contributed by atoms with Gasteiger partial charge in [0.05, 0.1) is 74.5 Å². The number of aromatic nitrogens is 4. The zero-order valence-electron chi connectivity index (χ0n) is 38.3. The third-order valence-electron chi connectivity index (χ3n) is 15.5. The Labute approximate surface area is 385 Å². The summed E-state index contributed by atoms with van der Waals surface area (Å²) >= 11 is 0. The van der Waals surface area contributed by atoms with Crippen LogP contribution in [0.2, 0.25) is 0 Å². The van der Waals surface area contributed by atoms with Gasteiger partial charge in [-0.25, -0.2) is 19.6 Å². The first kappa shape index (κ1) is 44.1. The van der Waals surface area contributed by atoms with E-state index in [0.717, 1.165) is 122 Å². The summed E-state index contributed by atoms with van der Waals surface area (Å²) < 4.78 is 22.3. The number of ether oxygens (including phenoxy) is 4. The summed E-state index contributed by atoms with van der Waals surface area (Å²) in [5.41, 5.74) is 5.73. The van der Waals surface area contributed by atoms with Crippen molar-refractivity contribution >= 4 is 24.0 Å². The summed E-state index contributed by atoms with van der Waals surface area (Å²) in [7, 11) is 2.63. The molecule has 16 nitrogen and oxygen atoms in total. The molecule has 4 N–H and O–H groups in total. The summed E-state index contributed by atoms with van der Waals surface area (Å²) in [6.07, 6.45) is 13.2. The molecular weight excluding hydrogens is 841 g/mol. The summed E-state index contributed by atoms with van der Waals surface area (Å²) in [5, 5.41) is 5.71. The highest BCUT2D eigenvalue weighted by molar-refractivity contribution is 5.88. The molecule has 0 bridgehead atoms. The first-order valence-corrected chi connectivity index (χ1v) is 23.9. The van der Waals surface area contributed by atoms with Gasteiger partial charge in [0.25, 0.3) is 0 Å². The number of nitrogens with zero attached hydrogens (tertiary/aromatic N) is 4. The first-order chi connectivity index (χ1) is 32.0. The van der Waals surface area contributed by atoms with Gasteiger partial charge in [0.1, 0.15) is 23.7 Å². The van der Waals surface area contributed by atoms with E-state index in [1.807, 2.05) is 22.2 Å². The quantitative estimate of drug-likeness (QED) is 0.117. The molecule has 2 saturated carbocycles. The molecule has 4 aliphatic heterocycles. The van der Waals surface area contributed by atoms with Gasteiger partial charge in [0.2, 0.25) is 11.8 Å². The number of likely N-dealkylation sites (tertiary alicyclic amines) is 2. The molecule has 4 aromatic rings. The lowest BCUT2D eigenvalue weighted by Crippen LogP contribution is -2.55. The van der Waals surface area contributed by atoms with Gasteiger partial charge in [-0.3, -0.25) is 9.59 Å². The second-order valence-electron chi connectivity index (χ2n) is 19.7. The average Bonchev–Trinajstić information content (AvgIpc) is 3.89. The van der Waals surface area contributed by atoms with Crippen LogP contribution in [0.3, 0.4) is 0 Å². The minimum absolute atomic E-state index is 0.0222. The number of alkyl carbamates (subject to hydrolysis) is 2. The number of methoxy groups -OCH3 is 2. The van der Waals surface area contributed by atoms with Gasteiger partial charge in [0.15, 0.2) is 0 Å². The van der Waals surface area contributed by atoms with Crippen molar-refractivity contribution in [1.82, 2.24) is 40.4 Å². The number of nitrogens with one attached hydrogen (secondary N) is 4. The number of hydrogen-bond acceptors (Lipinski definition) is 10. The number of imidazole rings is 2. The van der Waals surface area contributed by atoms with Gasteiger partial charge in [-0.1, -0.05) is 48.5 Å². The standard InChI is InChI=1S/C50H62N8O8/c1-29-5-15-39(57(29)45(59)41(55-47(61)63-3)35-17-19-49(21-22-49)65-27-35)43-51-25-37(53-43)33-11-7-31(8-12-33)32-9-13-34(14-10-32)38-26-52-44(54-38)40-16-6-30(2)58(40)46(60)42(56-48(62)64-4)36-18-20-50(23-24-50)66-28-36/h7-14,25-26,29-30,35-36,39-42H,5-6,15-24,27-28H2,1-4H3,(H,51,53)(H,52,54)(H,55,61)(H,56,62)/t29-,30-,35?,36?,39-,40-,41-,42?/m0/s1. The van der Waals surface area contributed by atoms with Crippen molar-refractivity contribution in [2.45, 2.75) is 138 Å². The molecule has 0 radical (unpaired) electrons. The molecule has 4 amide bonds. The maximum absolute atomic E-state index is 14.4. The summed E-state index contributed by atoms with van der Waals surface area (Å²) in [6.45, 7) is 4.98. The Balaban J connectivity index is 0.794. The lowest BCUT2D eigenvalue weighted by atomic mass is 9.89. The normalized spacial score (nSPS) is 27.0. The van der Waals surface area contributed by atoms with Crippen molar-refractivity contribution in [2.24, 2.45) is 11.8 Å². The summed E-state index contributed by atoms with van der Waals surface area (Å²) in [5.74, 6) is 0.914. The molecule has 6 heterocycles. The second kappa shape index (κ2) is 17.8. The zero-order chi connectivity index (χ0) is 45.7. The number of carbonyl (C=O) groups is 4. The molecule has 2 aromatic heterocycles. The van der Waals surface area contributed by atoms with E-state index >= 15 is 0 Å². The van der Waals surface area contributed by atoms with E-state index in [1.165, 1.54) is 14.2 Å². The highest BCUT2D eigenvalue weighted by atomic mass is 16.5. The molecule has 2 aromatic carbocycles. The van der Waals surface area contributed by atoms with Crippen LogP contribution in [0.1, 0.15) is 115 Å². The molecule has 2 aliphatic carbocycles. The predicted molar refractivity (Wildman–Crippen MR) is 244 cm³/mol. The lowest BCUT2D eigenvalue weighted by molar-refractivity contribution is -0.141. The van der Waals surface area contributed by atoms with Gasteiger partial charge in [-0.05, 0) is 113 Å². The molecule has 350 valence electrons. The van der Waals surface area contributed by atoms with Gasteiger partial charge in [0, 0.05) is 23.9 Å². The largest absolute Gasteiger partial charge is 0.453 e. The van der Waals surface area contributed by atoms with Crippen molar-refractivity contribution in [3.63, 3.8) is 0 Å². The van der Waals surface area contributed by atoms with Crippen LogP contribution in [0.4, 0.5) is 9.59 Å². The molecule has 8 atom stereocenters. The van der Waals surface area contributed by atoms with Crippen LogP contribution >= 0.6 is 0 Å². The van der Waals surface area contributed by atoms with Gasteiger partial charge < -0.3 is 49.3 Å². The van der Waals surface area contributed by atoms with Crippen molar-refractivity contribution in [3.05, 3.63) is 72.6 Å². The Morgan fingerprint density at radius 3 is 1.30 bits per heavy atom. The Morgan fingerprint density at radius 1 is 0.591 bits per heavy atom. The van der Waals surface area contributed by atoms with Crippen LogP contribution in [-0.4, -0.2) is 117 Å². The lowest BCUT2D eigenvalue weighted by Gasteiger charge is -2.37. The number of aromatic amines is 2. The van der Waals surface area contributed by atoms with E-state index in [0.29, 0.717) is 13.2 Å². The van der Waals surface area contributed by atoms with E-state index in [9.17, 15) is 19.2 Å². The van der Waals surface area contributed by atoms with Crippen LogP contribution in [0.15, 0.2) is 60.9 Å². The first-order valence-electron chi connectivity index (χ1n) is 23.9. The van der Waals surface area contributed by atoms with Crippen molar-refractivity contribution in [2.75, 3.05) is 27.4 Å². The molecule has 16 heteroatoms. The minimum atomic E-state index is -0.747. The maximum atomic E-state index is 14.4. The van der Waals surface area contributed by atoms with E-state index in [1.54, 1.807) is 0 Å². The number of benzene rings is 2. The van der Waals surface area contributed by atoms with Crippen molar-refractivity contribution in [3.8, 4) is 33.6 Å². The Hall–Kier alpha value is -5.74. The highest BCUT2D eigenvalue weighted by Gasteiger charge is 2.52. The Morgan fingerprint density at radius 2 is 0.970 bits per heavy atom. The van der Waals surface area contributed by atoms with Crippen molar-refractivity contribution in [1.29, 1.82) is 0 Å².